The van der Waals surface area contributed by atoms with E-state index < -0.39 is 6.10 Å². The summed E-state index contributed by atoms with van der Waals surface area (Å²) in [6.45, 7) is 0. The van der Waals surface area contributed by atoms with Gasteiger partial charge in [-0.25, -0.2) is 0 Å². The van der Waals surface area contributed by atoms with E-state index >= 15 is 0 Å². The Balaban J connectivity index is 1.30. The first-order valence-corrected chi connectivity index (χ1v) is 9.82. The van der Waals surface area contributed by atoms with Gasteiger partial charge >= 0.3 is 0 Å². The number of benzene rings is 2. The molecule has 0 radical (unpaired) electrons. The van der Waals surface area contributed by atoms with Gasteiger partial charge in [-0.1, -0.05) is 80.3 Å². The summed E-state index contributed by atoms with van der Waals surface area (Å²) in [5, 5.41) is 0. The first-order chi connectivity index (χ1) is 12.8. The highest BCUT2D eigenvalue weighted by Crippen LogP contribution is 2.40. The maximum atomic E-state index is 11.2. The highest BCUT2D eigenvalue weighted by molar-refractivity contribution is 5.82. The van der Waals surface area contributed by atoms with Crippen LogP contribution in [0.4, 0.5) is 0 Å². The second-order valence-corrected chi connectivity index (χ2v) is 7.19. The predicted octanol–water partition coefficient (Wildman–Crippen LogP) is 4.74. The molecule has 3 rings (SSSR count). The number of nitrogens with two attached hydrogens (primary N) is 1. The van der Waals surface area contributed by atoms with E-state index in [0.29, 0.717) is 0 Å². The highest BCUT2D eigenvalue weighted by Gasteiger charge is 2.45. The summed E-state index contributed by atoms with van der Waals surface area (Å²) < 4.78 is 5.44. The molecule has 2 atom stereocenters. The number of primary amides is 1. The van der Waals surface area contributed by atoms with Crippen molar-refractivity contribution in [2.75, 3.05) is 0 Å². The minimum absolute atomic E-state index is 0.123. The van der Waals surface area contributed by atoms with Crippen LogP contribution in [0.5, 0.6) is 0 Å². The molecule has 1 fully saturated rings. The summed E-state index contributed by atoms with van der Waals surface area (Å²) in [4.78, 5) is 11.2. The van der Waals surface area contributed by atoms with Crippen LogP contribution >= 0.6 is 0 Å². The van der Waals surface area contributed by atoms with E-state index in [1.807, 2.05) is 6.07 Å². The molecule has 2 N–H and O–H groups in total. The third-order valence-corrected chi connectivity index (χ3v) is 5.14. The van der Waals surface area contributed by atoms with E-state index in [4.69, 9.17) is 10.5 Å². The zero-order valence-electron chi connectivity index (χ0n) is 15.4. The molecule has 0 bridgehead atoms. The summed E-state index contributed by atoms with van der Waals surface area (Å²) >= 11 is 0. The van der Waals surface area contributed by atoms with E-state index in [1.54, 1.807) is 0 Å². The number of hydrogen-bond acceptors (Lipinski definition) is 2. The van der Waals surface area contributed by atoms with Crippen LogP contribution in [0.1, 0.15) is 61.3 Å². The smallest absolute Gasteiger partial charge is 0.249 e. The zero-order chi connectivity index (χ0) is 18.2. The van der Waals surface area contributed by atoms with E-state index in [9.17, 15) is 4.79 Å². The number of epoxide rings is 1. The number of carbonyl (C=O) groups excluding carboxylic acids is 1. The van der Waals surface area contributed by atoms with Gasteiger partial charge in [0.15, 0.2) is 6.10 Å². The van der Waals surface area contributed by atoms with Gasteiger partial charge in [-0.15, -0.1) is 0 Å². The normalized spacial score (nSPS) is 18.6. The number of hydrogen-bond donors (Lipinski definition) is 1. The minimum atomic E-state index is -0.430. The zero-order valence-corrected chi connectivity index (χ0v) is 15.4. The molecule has 0 aliphatic carbocycles. The van der Waals surface area contributed by atoms with Gasteiger partial charge in [-0.2, -0.15) is 0 Å². The molecule has 1 aliphatic heterocycles. The molecular weight excluding hydrogens is 322 g/mol. The lowest BCUT2D eigenvalue weighted by atomic mass is 9.97. The molecule has 1 saturated heterocycles. The lowest BCUT2D eigenvalue weighted by Crippen LogP contribution is -2.18. The van der Waals surface area contributed by atoms with Gasteiger partial charge in [-0.05, 0) is 42.4 Å². The Bertz CT molecular complexity index is 698. The van der Waals surface area contributed by atoms with E-state index in [-0.39, 0.29) is 12.0 Å². The fourth-order valence-corrected chi connectivity index (χ4v) is 3.60. The molecule has 138 valence electrons. The molecule has 0 unspecified atom stereocenters. The van der Waals surface area contributed by atoms with Crippen molar-refractivity contribution in [3.8, 4) is 0 Å². The monoisotopic (exact) mass is 351 g/mol. The predicted molar refractivity (Wildman–Crippen MR) is 105 cm³/mol. The quantitative estimate of drug-likeness (QED) is 0.470. The first kappa shape index (κ1) is 18.7. The highest BCUT2D eigenvalue weighted by atomic mass is 16.6. The number of aryl methyl sites for hydroxylation is 2. The SMILES string of the molecule is NC(=O)[C@@H]1O[C@H]1c1ccccc1CCCCCCCCc1ccccc1. The molecule has 0 saturated carbocycles. The fraction of sp³-hybridized carbons (Fsp3) is 0.435. The molecule has 0 aromatic heterocycles. The lowest BCUT2D eigenvalue weighted by molar-refractivity contribution is -0.119. The summed E-state index contributed by atoms with van der Waals surface area (Å²) in [6, 6.07) is 19.0. The van der Waals surface area contributed by atoms with Crippen molar-refractivity contribution in [3.05, 3.63) is 71.3 Å². The lowest BCUT2D eigenvalue weighted by Gasteiger charge is -2.07. The summed E-state index contributed by atoms with van der Waals surface area (Å²) in [7, 11) is 0. The van der Waals surface area contributed by atoms with Gasteiger partial charge in [0, 0.05) is 0 Å². The van der Waals surface area contributed by atoms with Gasteiger partial charge in [0.05, 0.1) is 0 Å². The molecule has 2 aromatic carbocycles. The number of rotatable bonds is 11. The molecule has 1 aliphatic rings. The summed E-state index contributed by atoms with van der Waals surface area (Å²) in [5.41, 5.74) is 9.21. The van der Waals surface area contributed by atoms with Crippen molar-refractivity contribution in [1.29, 1.82) is 0 Å². The maximum Gasteiger partial charge on any atom is 0.249 e. The van der Waals surface area contributed by atoms with E-state index in [2.05, 4.69) is 48.5 Å². The molecule has 3 nitrogen and oxygen atoms in total. The van der Waals surface area contributed by atoms with Crippen molar-refractivity contribution in [1.82, 2.24) is 0 Å². The van der Waals surface area contributed by atoms with Crippen LogP contribution < -0.4 is 5.73 Å². The third kappa shape index (κ3) is 5.43. The Hall–Kier alpha value is -2.13. The van der Waals surface area contributed by atoms with Gasteiger partial charge in [0.25, 0.3) is 0 Å². The Morgan fingerprint density at radius 3 is 2.12 bits per heavy atom. The van der Waals surface area contributed by atoms with E-state index in [0.717, 1.165) is 12.0 Å². The molecule has 1 amide bonds. The Kier molecular flexibility index (Phi) is 6.84. The molecular formula is C23H29NO2. The summed E-state index contributed by atoms with van der Waals surface area (Å²) in [5.74, 6) is -0.361. The standard InChI is InChI=1S/C23H29NO2/c24-23(25)22-21(26-22)20-17-11-10-16-19(20)15-9-4-2-1-3-6-12-18-13-7-5-8-14-18/h5,7-8,10-11,13-14,16-17,21-22H,1-4,6,9,12,15H2,(H2,24,25)/t21-,22+/m0/s1. The van der Waals surface area contributed by atoms with Crippen LogP contribution in [0, 0.1) is 0 Å². The molecule has 0 spiro atoms. The topological polar surface area (TPSA) is 55.6 Å². The van der Waals surface area contributed by atoms with Crippen LogP contribution in [0.3, 0.4) is 0 Å². The largest absolute Gasteiger partial charge is 0.367 e. The molecule has 26 heavy (non-hydrogen) atoms. The summed E-state index contributed by atoms with van der Waals surface area (Å²) in [6.07, 6.45) is 9.31. The van der Waals surface area contributed by atoms with Crippen LogP contribution in [-0.2, 0) is 22.4 Å². The number of ether oxygens (including phenoxy) is 1. The molecule has 3 heteroatoms. The van der Waals surface area contributed by atoms with Crippen molar-refractivity contribution in [2.24, 2.45) is 5.73 Å². The first-order valence-electron chi connectivity index (χ1n) is 9.82. The van der Waals surface area contributed by atoms with Crippen molar-refractivity contribution in [3.63, 3.8) is 0 Å². The van der Waals surface area contributed by atoms with Crippen molar-refractivity contribution < 1.29 is 9.53 Å². The van der Waals surface area contributed by atoms with Gasteiger partial charge in [0.2, 0.25) is 5.91 Å². The van der Waals surface area contributed by atoms with Crippen LogP contribution in [0.2, 0.25) is 0 Å². The van der Waals surface area contributed by atoms with Crippen LogP contribution in [0.25, 0.3) is 0 Å². The second-order valence-electron chi connectivity index (χ2n) is 7.19. The number of unbranched alkanes of at least 4 members (excludes halogenated alkanes) is 5. The van der Waals surface area contributed by atoms with Gasteiger partial charge < -0.3 is 10.5 Å². The van der Waals surface area contributed by atoms with Crippen molar-refractivity contribution >= 4 is 5.91 Å². The fourth-order valence-electron chi connectivity index (χ4n) is 3.60. The molecule has 1 heterocycles. The Labute approximate surface area is 156 Å². The number of carbonyl (C=O) groups is 1. The maximum absolute atomic E-state index is 11.2. The van der Waals surface area contributed by atoms with Crippen LogP contribution in [0.15, 0.2) is 54.6 Å². The van der Waals surface area contributed by atoms with Crippen LogP contribution in [-0.4, -0.2) is 12.0 Å². The van der Waals surface area contributed by atoms with Crippen molar-refractivity contribution in [2.45, 2.75) is 63.6 Å². The average molecular weight is 351 g/mol. The van der Waals surface area contributed by atoms with Gasteiger partial charge in [-0.3, -0.25) is 4.79 Å². The minimum Gasteiger partial charge on any atom is -0.367 e. The average Bonchev–Trinajstić information content (AvgIpc) is 3.46. The Morgan fingerprint density at radius 1 is 0.808 bits per heavy atom. The number of amides is 1. The van der Waals surface area contributed by atoms with Gasteiger partial charge in [0.1, 0.15) is 6.10 Å². The molecule has 2 aromatic rings. The Morgan fingerprint density at radius 2 is 1.42 bits per heavy atom. The third-order valence-electron chi connectivity index (χ3n) is 5.14. The van der Waals surface area contributed by atoms with E-state index in [1.165, 1.54) is 56.1 Å². The second kappa shape index (κ2) is 9.54.